The lowest BCUT2D eigenvalue weighted by Gasteiger charge is -2.23. The van der Waals surface area contributed by atoms with E-state index < -0.39 is 5.97 Å². The van der Waals surface area contributed by atoms with Gasteiger partial charge in [-0.3, -0.25) is 9.59 Å². The first-order valence-electron chi connectivity index (χ1n) is 5.62. The molecule has 0 spiro atoms. The van der Waals surface area contributed by atoms with Crippen molar-refractivity contribution in [3.05, 3.63) is 0 Å². The molecule has 2 aliphatic carbocycles. The highest BCUT2D eigenvalue weighted by molar-refractivity contribution is 5.83. The number of carboxylic acids is 1. The van der Waals surface area contributed by atoms with Gasteiger partial charge in [0.2, 0.25) is 5.91 Å². The number of rotatable bonds is 5. The van der Waals surface area contributed by atoms with Gasteiger partial charge in [0.15, 0.2) is 0 Å². The Balaban J connectivity index is 1.96. The molecule has 2 rings (SSSR count). The maximum absolute atomic E-state index is 12.0. The smallest absolute Gasteiger partial charge is 0.323 e. The van der Waals surface area contributed by atoms with E-state index in [1.54, 1.807) is 4.90 Å². The van der Waals surface area contributed by atoms with Crippen LogP contribution in [0.1, 0.15) is 32.6 Å². The number of carbonyl (C=O) groups excluding carboxylic acids is 1. The van der Waals surface area contributed by atoms with Crippen LogP contribution in [-0.4, -0.2) is 34.5 Å². The SMILES string of the molecule is CC(C(=O)N(CC(=O)O)C1CC1)C1CC1. The second-order valence-corrected chi connectivity index (χ2v) is 4.72. The topological polar surface area (TPSA) is 57.6 Å². The molecule has 1 amide bonds. The Morgan fingerprint density at radius 3 is 2.33 bits per heavy atom. The Bertz CT molecular complexity index is 282. The van der Waals surface area contributed by atoms with Crippen molar-refractivity contribution in [1.82, 2.24) is 4.90 Å². The summed E-state index contributed by atoms with van der Waals surface area (Å²) < 4.78 is 0. The lowest BCUT2D eigenvalue weighted by molar-refractivity contribution is -0.146. The van der Waals surface area contributed by atoms with Gasteiger partial charge in [-0.25, -0.2) is 0 Å². The summed E-state index contributed by atoms with van der Waals surface area (Å²) in [5, 5.41) is 8.75. The van der Waals surface area contributed by atoms with E-state index in [0.29, 0.717) is 5.92 Å². The van der Waals surface area contributed by atoms with E-state index in [1.165, 1.54) is 0 Å². The summed E-state index contributed by atoms with van der Waals surface area (Å²) in [6, 6.07) is 0.204. The molecule has 0 bridgehead atoms. The number of carbonyl (C=O) groups is 2. The zero-order valence-electron chi connectivity index (χ0n) is 8.98. The van der Waals surface area contributed by atoms with Crippen molar-refractivity contribution in [1.29, 1.82) is 0 Å². The van der Waals surface area contributed by atoms with Crippen LogP contribution in [-0.2, 0) is 9.59 Å². The Kier molecular flexibility index (Phi) is 2.67. The molecule has 0 radical (unpaired) electrons. The van der Waals surface area contributed by atoms with Gasteiger partial charge in [-0.1, -0.05) is 6.92 Å². The monoisotopic (exact) mass is 211 g/mol. The zero-order chi connectivity index (χ0) is 11.0. The van der Waals surface area contributed by atoms with Crippen LogP contribution in [0.4, 0.5) is 0 Å². The number of amides is 1. The van der Waals surface area contributed by atoms with Crippen LogP contribution in [0.5, 0.6) is 0 Å². The molecule has 84 valence electrons. The molecule has 2 fully saturated rings. The summed E-state index contributed by atoms with van der Waals surface area (Å²) >= 11 is 0. The quantitative estimate of drug-likeness (QED) is 0.741. The third kappa shape index (κ3) is 2.49. The van der Waals surface area contributed by atoms with Crippen LogP contribution < -0.4 is 0 Å². The third-order valence-electron chi connectivity index (χ3n) is 3.29. The zero-order valence-corrected chi connectivity index (χ0v) is 8.98. The van der Waals surface area contributed by atoms with Gasteiger partial charge in [-0.05, 0) is 31.6 Å². The number of nitrogens with zero attached hydrogens (tertiary/aromatic N) is 1. The lowest BCUT2D eigenvalue weighted by atomic mass is 10.0. The van der Waals surface area contributed by atoms with Gasteiger partial charge in [0.1, 0.15) is 6.54 Å². The first-order valence-corrected chi connectivity index (χ1v) is 5.62. The minimum atomic E-state index is -0.904. The van der Waals surface area contributed by atoms with E-state index in [2.05, 4.69) is 0 Å². The predicted molar refractivity (Wildman–Crippen MR) is 54.3 cm³/mol. The molecule has 1 atom stereocenters. The van der Waals surface area contributed by atoms with Gasteiger partial charge in [0.25, 0.3) is 0 Å². The van der Waals surface area contributed by atoms with Crippen molar-refractivity contribution in [2.75, 3.05) is 6.54 Å². The Hall–Kier alpha value is -1.06. The second-order valence-electron chi connectivity index (χ2n) is 4.72. The van der Waals surface area contributed by atoms with E-state index >= 15 is 0 Å². The van der Waals surface area contributed by atoms with Gasteiger partial charge in [-0.2, -0.15) is 0 Å². The minimum absolute atomic E-state index is 0.0185. The molecule has 2 saturated carbocycles. The van der Waals surface area contributed by atoms with E-state index in [1.807, 2.05) is 6.92 Å². The fraction of sp³-hybridized carbons (Fsp3) is 0.818. The fourth-order valence-corrected chi connectivity index (χ4v) is 1.98. The molecule has 4 heteroatoms. The highest BCUT2D eigenvalue weighted by atomic mass is 16.4. The molecule has 0 heterocycles. The number of hydrogen-bond donors (Lipinski definition) is 1. The largest absolute Gasteiger partial charge is 0.480 e. The van der Waals surface area contributed by atoms with E-state index in [9.17, 15) is 9.59 Å². The molecule has 0 aliphatic heterocycles. The van der Waals surface area contributed by atoms with E-state index in [0.717, 1.165) is 25.7 Å². The van der Waals surface area contributed by atoms with Crippen LogP contribution in [0, 0.1) is 11.8 Å². The molecular weight excluding hydrogens is 194 g/mol. The van der Waals surface area contributed by atoms with Crippen molar-refractivity contribution in [3.8, 4) is 0 Å². The summed E-state index contributed by atoms with van der Waals surface area (Å²) in [5.41, 5.74) is 0. The fourth-order valence-electron chi connectivity index (χ4n) is 1.98. The highest BCUT2D eigenvalue weighted by Gasteiger charge is 2.40. The van der Waals surface area contributed by atoms with Crippen LogP contribution in [0.3, 0.4) is 0 Å². The van der Waals surface area contributed by atoms with Crippen molar-refractivity contribution in [2.24, 2.45) is 11.8 Å². The summed E-state index contributed by atoms with van der Waals surface area (Å²) in [6.07, 6.45) is 4.18. The van der Waals surface area contributed by atoms with Gasteiger partial charge in [0.05, 0.1) is 0 Å². The lowest BCUT2D eigenvalue weighted by Crippen LogP contribution is -2.41. The normalized spacial score (nSPS) is 22.2. The van der Waals surface area contributed by atoms with Crippen LogP contribution in [0.2, 0.25) is 0 Å². The molecule has 1 unspecified atom stereocenters. The maximum atomic E-state index is 12.0. The number of hydrogen-bond acceptors (Lipinski definition) is 2. The molecule has 2 aliphatic rings. The molecule has 0 aromatic rings. The van der Waals surface area contributed by atoms with Gasteiger partial charge in [0, 0.05) is 12.0 Å². The Morgan fingerprint density at radius 1 is 1.33 bits per heavy atom. The minimum Gasteiger partial charge on any atom is -0.480 e. The number of carboxylic acid groups (broad SMARTS) is 1. The standard InChI is InChI=1S/C11H17NO3/c1-7(8-2-3-8)11(15)12(6-10(13)14)9-4-5-9/h7-9H,2-6H2,1H3,(H,13,14). The summed E-state index contributed by atoms with van der Waals surface area (Å²) in [4.78, 5) is 24.2. The summed E-state index contributed by atoms with van der Waals surface area (Å²) in [6.45, 7) is 1.80. The van der Waals surface area contributed by atoms with Crippen LogP contribution >= 0.6 is 0 Å². The first-order chi connectivity index (χ1) is 7.09. The van der Waals surface area contributed by atoms with E-state index in [-0.39, 0.29) is 24.4 Å². The van der Waals surface area contributed by atoms with Crippen molar-refractivity contribution in [2.45, 2.75) is 38.6 Å². The molecular formula is C11H17NO3. The molecule has 4 nitrogen and oxygen atoms in total. The first kappa shape index (κ1) is 10.5. The summed E-state index contributed by atoms with van der Waals surface area (Å²) in [7, 11) is 0. The Morgan fingerprint density at radius 2 is 1.93 bits per heavy atom. The average Bonchev–Trinajstić information content (AvgIpc) is 3.04. The molecule has 15 heavy (non-hydrogen) atoms. The average molecular weight is 211 g/mol. The molecule has 1 N–H and O–H groups in total. The summed E-state index contributed by atoms with van der Waals surface area (Å²) in [5.74, 6) is -0.335. The predicted octanol–water partition coefficient (Wildman–Crippen LogP) is 1.11. The molecule has 0 aromatic heterocycles. The van der Waals surface area contributed by atoms with Crippen LogP contribution in [0.15, 0.2) is 0 Å². The van der Waals surface area contributed by atoms with E-state index in [4.69, 9.17) is 5.11 Å². The van der Waals surface area contributed by atoms with Gasteiger partial charge < -0.3 is 10.0 Å². The number of aliphatic carboxylic acids is 1. The highest BCUT2D eigenvalue weighted by Crippen LogP contribution is 2.39. The second kappa shape index (κ2) is 3.83. The van der Waals surface area contributed by atoms with Crippen molar-refractivity contribution < 1.29 is 14.7 Å². The van der Waals surface area contributed by atoms with Crippen LogP contribution in [0.25, 0.3) is 0 Å². The van der Waals surface area contributed by atoms with Crippen molar-refractivity contribution >= 4 is 11.9 Å². The molecule has 0 aromatic carbocycles. The van der Waals surface area contributed by atoms with Gasteiger partial charge >= 0.3 is 5.97 Å². The maximum Gasteiger partial charge on any atom is 0.323 e. The molecule has 0 saturated heterocycles. The Labute approximate surface area is 89.3 Å². The van der Waals surface area contributed by atoms with Crippen molar-refractivity contribution in [3.63, 3.8) is 0 Å². The van der Waals surface area contributed by atoms with Gasteiger partial charge in [-0.15, -0.1) is 0 Å². The third-order valence-corrected chi connectivity index (χ3v) is 3.29.